The molecule has 0 spiro atoms. The molecule has 0 aliphatic rings. The molecule has 0 unspecified atom stereocenters. The van der Waals surface area contributed by atoms with Gasteiger partial charge in [-0.2, -0.15) is 0 Å². The monoisotopic (exact) mass is 363 g/mol. The SMILES string of the molecule is Cc1ccc(NC(=O)c2c[nH]c(=O)n(-c3ccc(C)c(C)c3)c2=O)cc1C. The molecule has 3 aromatic rings. The summed E-state index contributed by atoms with van der Waals surface area (Å²) < 4.78 is 0.974. The number of carbonyl (C=O) groups excluding carboxylic acids is 1. The smallest absolute Gasteiger partial charge is 0.322 e. The zero-order valence-electron chi connectivity index (χ0n) is 15.7. The molecule has 0 bridgehead atoms. The van der Waals surface area contributed by atoms with E-state index in [-0.39, 0.29) is 5.56 Å². The van der Waals surface area contributed by atoms with Crippen LogP contribution in [0.5, 0.6) is 0 Å². The first-order chi connectivity index (χ1) is 12.8. The van der Waals surface area contributed by atoms with Crippen LogP contribution in [0.3, 0.4) is 0 Å². The van der Waals surface area contributed by atoms with Crippen LogP contribution in [0.1, 0.15) is 32.6 Å². The predicted molar refractivity (Wildman–Crippen MR) is 106 cm³/mol. The quantitative estimate of drug-likeness (QED) is 0.750. The normalized spacial score (nSPS) is 10.7. The fourth-order valence-corrected chi connectivity index (χ4v) is 2.75. The lowest BCUT2D eigenvalue weighted by Gasteiger charge is -2.10. The molecule has 3 rings (SSSR count). The van der Waals surface area contributed by atoms with Gasteiger partial charge in [0.2, 0.25) is 0 Å². The Morgan fingerprint density at radius 2 is 1.52 bits per heavy atom. The predicted octanol–water partition coefficient (Wildman–Crippen LogP) is 3.01. The number of H-pyrrole nitrogens is 1. The number of rotatable bonds is 3. The molecule has 6 heteroatoms. The third-order valence-corrected chi connectivity index (χ3v) is 4.73. The van der Waals surface area contributed by atoms with Gasteiger partial charge < -0.3 is 10.3 Å². The number of anilines is 1. The van der Waals surface area contributed by atoms with Crippen LogP contribution in [-0.2, 0) is 0 Å². The first-order valence-electron chi connectivity index (χ1n) is 8.59. The Hall–Kier alpha value is -3.41. The lowest BCUT2D eigenvalue weighted by atomic mass is 10.1. The molecule has 138 valence electrons. The molecular formula is C21H21N3O3. The maximum atomic E-state index is 12.8. The third kappa shape index (κ3) is 3.60. The third-order valence-electron chi connectivity index (χ3n) is 4.73. The molecule has 0 saturated heterocycles. The zero-order chi connectivity index (χ0) is 19.7. The van der Waals surface area contributed by atoms with Crippen LogP contribution >= 0.6 is 0 Å². The highest BCUT2D eigenvalue weighted by molar-refractivity contribution is 6.03. The number of aryl methyl sites for hydroxylation is 4. The van der Waals surface area contributed by atoms with Gasteiger partial charge in [0.1, 0.15) is 5.56 Å². The van der Waals surface area contributed by atoms with E-state index in [2.05, 4.69) is 10.3 Å². The minimum Gasteiger partial charge on any atom is -0.322 e. The maximum absolute atomic E-state index is 12.8. The van der Waals surface area contributed by atoms with Crippen molar-refractivity contribution in [2.45, 2.75) is 27.7 Å². The average molecular weight is 363 g/mol. The summed E-state index contributed by atoms with van der Waals surface area (Å²) in [6.45, 7) is 7.76. The maximum Gasteiger partial charge on any atom is 0.333 e. The van der Waals surface area contributed by atoms with Crippen molar-refractivity contribution in [3.63, 3.8) is 0 Å². The van der Waals surface area contributed by atoms with Crippen molar-refractivity contribution in [3.05, 3.63) is 91.3 Å². The van der Waals surface area contributed by atoms with Crippen LogP contribution in [0.25, 0.3) is 5.69 Å². The van der Waals surface area contributed by atoms with Gasteiger partial charge in [-0.1, -0.05) is 12.1 Å². The Kier molecular flexibility index (Phi) is 4.81. The van der Waals surface area contributed by atoms with Crippen LogP contribution < -0.4 is 16.6 Å². The summed E-state index contributed by atoms with van der Waals surface area (Å²) in [6.07, 6.45) is 1.15. The van der Waals surface area contributed by atoms with E-state index in [1.54, 1.807) is 18.2 Å². The van der Waals surface area contributed by atoms with Crippen molar-refractivity contribution in [2.24, 2.45) is 0 Å². The highest BCUT2D eigenvalue weighted by Gasteiger charge is 2.16. The van der Waals surface area contributed by atoms with Gasteiger partial charge in [0.25, 0.3) is 11.5 Å². The molecular weight excluding hydrogens is 342 g/mol. The second-order valence-corrected chi connectivity index (χ2v) is 6.67. The molecule has 0 aliphatic heterocycles. The molecule has 0 radical (unpaired) electrons. The van der Waals surface area contributed by atoms with Gasteiger partial charge in [-0.15, -0.1) is 0 Å². The average Bonchev–Trinajstić information content (AvgIpc) is 2.61. The number of aromatic nitrogens is 2. The largest absolute Gasteiger partial charge is 0.333 e. The molecule has 0 saturated carbocycles. The highest BCUT2D eigenvalue weighted by atomic mass is 16.2. The molecule has 0 fully saturated rings. The molecule has 1 aromatic heterocycles. The van der Waals surface area contributed by atoms with E-state index in [0.717, 1.165) is 33.0 Å². The number of hydrogen-bond acceptors (Lipinski definition) is 3. The highest BCUT2D eigenvalue weighted by Crippen LogP contribution is 2.15. The summed E-state index contributed by atoms with van der Waals surface area (Å²) in [4.78, 5) is 40.1. The standard InChI is InChI=1S/C21H21N3O3/c1-12-5-7-16(9-14(12)3)23-19(25)18-11-22-21(27)24(20(18)26)17-8-6-13(2)15(4)10-17/h5-11H,1-4H3,(H,22,27)(H,23,25). The second kappa shape index (κ2) is 7.07. The number of hydrogen-bond donors (Lipinski definition) is 2. The molecule has 2 N–H and O–H groups in total. The summed E-state index contributed by atoms with van der Waals surface area (Å²) in [5.74, 6) is -0.572. The van der Waals surface area contributed by atoms with Crippen molar-refractivity contribution in [2.75, 3.05) is 5.32 Å². The molecule has 1 amide bonds. The van der Waals surface area contributed by atoms with Gasteiger partial charge in [-0.3, -0.25) is 9.59 Å². The van der Waals surface area contributed by atoms with E-state index in [0.29, 0.717) is 11.4 Å². The number of carbonyl (C=O) groups is 1. The van der Waals surface area contributed by atoms with Crippen LogP contribution in [-0.4, -0.2) is 15.5 Å². The van der Waals surface area contributed by atoms with Gasteiger partial charge in [0, 0.05) is 11.9 Å². The van der Waals surface area contributed by atoms with Crippen molar-refractivity contribution in [3.8, 4) is 5.69 Å². The van der Waals surface area contributed by atoms with E-state index < -0.39 is 17.2 Å². The zero-order valence-corrected chi connectivity index (χ0v) is 15.7. The van der Waals surface area contributed by atoms with Crippen molar-refractivity contribution < 1.29 is 4.79 Å². The van der Waals surface area contributed by atoms with Crippen molar-refractivity contribution in [1.29, 1.82) is 0 Å². The molecule has 27 heavy (non-hydrogen) atoms. The first kappa shape index (κ1) is 18.4. The number of benzene rings is 2. The lowest BCUT2D eigenvalue weighted by molar-refractivity contribution is 0.102. The summed E-state index contributed by atoms with van der Waals surface area (Å²) >= 11 is 0. The first-order valence-corrected chi connectivity index (χ1v) is 8.59. The van der Waals surface area contributed by atoms with Crippen molar-refractivity contribution in [1.82, 2.24) is 9.55 Å². The van der Waals surface area contributed by atoms with Crippen LogP contribution in [0, 0.1) is 27.7 Å². The van der Waals surface area contributed by atoms with Crippen LogP contribution in [0.15, 0.2) is 52.2 Å². The fraction of sp³-hybridized carbons (Fsp3) is 0.190. The Balaban J connectivity index is 2.03. The van der Waals surface area contributed by atoms with E-state index in [1.807, 2.05) is 45.9 Å². The van der Waals surface area contributed by atoms with Crippen LogP contribution in [0.4, 0.5) is 5.69 Å². The molecule has 1 heterocycles. The Bertz CT molecular complexity index is 1160. The Morgan fingerprint density at radius 3 is 2.15 bits per heavy atom. The number of nitrogens with one attached hydrogen (secondary N) is 2. The Labute approximate surface area is 156 Å². The molecule has 0 aliphatic carbocycles. The minimum absolute atomic E-state index is 0.133. The van der Waals surface area contributed by atoms with E-state index in [1.165, 1.54) is 0 Å². The van der Waals surface area contributed by atoms with E-state index in [9.17, 15) is 14.4 Å². The summed E-state index contributed by atoms with van der Waals surface area (Å²) in [6, 6.07) is 10.8. The van der Waals surface area contributed by atoms with E-state index >= 15 is 0 Å². The second-order valence-electron chi connectivity index (χ2n) is 6.67. The topological polar surface area (TPSA) is 84.0 Å². The Morgan fingerprint density at radius 1 is 0.889 bits per heavy atom. The van der Waals surface area contributed by atoms with Crippen LogP contribution in [0.2, 0.25) is 0 Å². The minimum atomic E-state index is -0.664. The number of aromatic amines is 1. The summed E-state index contributed by atoms with van der Waals surface area (Å²) in [7, 11) is 0. The summed E-state index contributed by atoms with van der Waals surface area (Å²) in [5, 5.41) is 2.71. The number of amides is 1. The van der Waals surface area contributed by atoms with Gasteiger partial charge in [0.05, 0.1) is 5.69 Å². The van der Waals surface area contributed by atoms with Gasteiger partial charge in [0.15, 0.2) is 0 Å². The van der Waals surface area contributed by atoms with Crippen molar-refractivity contribution >= 4 is 11.6 Å². The lowest BCUT2D eigenvalue weighted by Crippen LogP contribution is -2.38. The van der Waals surface area contributed by atoms with Gasteiger partial charge in [-0.25, -0.2) is 9.36 Å². The number of nitrogens with zero attached hydrogens (tertiary/aromatic N) is 1. The fourth-order valence-electron chi connectivity index (χ4n) is 2.75. The van der Waals surface area contributed by atoms with Gasteiger partial charge in [-0.05, 0) is 74.2 Å². The summed E-state index contributed by atoms with van der Waals surface area (Å²) in [5.41, 5.74) is 3.75. The molecule has 2 aromatic carbocycles. The molecule has 6 nitrogen and oxygen atoms in total. The van der Waals surface area contributed by atoms with E-state index in [4.69, 9.17) is 0 Å². The molecule has 0 atom stereocenters. The van der Waals surface area contributed by atoms with Gasteiger partial charge >= 0.3 is 5.69 Å².